The van der Waals surface area contributed by atoms with Crippen molar-refractivity contribution in [3.05, 3.63) is 74.3 Å². The second-order valence-electron chi connectivity index (χ2n) is 5.32. The van der Waals surface area contributed by atoms with E-state index >= 15 is 0 Å². The summed E-state index contributed by atoms with van der Waals surface area (Å²) in [6.07, 6.45) is 0. The molecule has 2 rings (SSSR count). The van der Waals surface area contributed by atoms with Gasteiger partial charge in [-0.1, -0.05) is 30.3 Å². The number of nitrogens with zero attached hydrogens (tertiary/aromatic N) is 2. The van der Waals surface area contributed by atoms with Crippen molar-refractivity contribution >= 4 is 23.0 Å². The fraction of sp³-hybridized carbons (Fsp3) is 0.188. The van der Waals surface area contributed by atoms with Crippen LogP contribution in [0.3, 0.4) is 0 Å². The third kappa shape index (κ3) is 4.98. The fourth-order valence-electron chi connectivity index (χ4n) is 2.16. The summed E-state index contributed by atoms with van der Waals surface area (Å²) >= 11 is 0. The van der Waals surface area contributed by atoms with Gasteiger partial charge in [0, 0.05) is 6.07 Å². The van der Waals surface area contributed by atoms with Gasteiger partial charge >= 0.3 is 0 Å². The predicted octanol–water partition coefficient (Wildman–Crippen LogP) is 1.99. The van der Waals surface area contributed by atoms with Gasteiger partial charge in [-0.15, -0.1) is 0 Å². The van der Waals surface area contributed by atoms with E-state index < -0.39 is 33.2 Å². The van der Waals surface area contributed by atoms with Crippen molar-refractivity contribution in [1.82, 2.24) is 0 Å². The summed E-state index contributed by atoms with van der Waals surface area (Å²) in [5.41, 5.74) is 5.17. The average Bonchev–Trinajstić information content (AvgIpc) is 2.61. The number of carbonyl (C=O) groups is 1. The Morgan fingerprint density at radius 2 is 1.81 bits per heavy atom. The molecule has 0 heterocycles. The molecular weight excluding hydrogens is 344 g/mol. The minimum atomic E-state index is -1.04. The first-order valence-electron chi connectivity index (χ1n) is 7.49. The monoisotopic (exact) mass is 360 g/mol. The largest absolute Gasteiger partial charge is 0.374 e. The van der Waals surface area contributed by atoms with Crippen LogP contribution in [0.15, 0.2) is 48.5 Å². The number of nitro groups is 2. The van der Waals surface area contributed by atoms with Crippen molar-refractivity contribution in [2.45, 2.75) is 12.6 Å². The summed E-state index contributed by atoms with van der Waals surface area (Å²) < 4.78 is 5.44. The first kappa shape index (κ1) is 18.8. The second kappa shape index (κ2) is 8.53. The van der Waals surface area contributed by atoms with Crippen LogP contribution in [-0.4, -0.2) is 28.4 Å². The molecule has 136 valence electrons. The van der Waals surface area contributed by atoms with Gasteiger partial charge < -0.3 is 15.8 Å². The van der Waals surface area contributed by atoms with Gasteiger partial charge in [-0.05, 0) is 11.6 Å². The van der Waals surface area contributed by atoms with Gasteiger partial charge in [0.1, 0.15) is 11.7 Å². The van der Waals surface area contributed by atoms with Gasteiger partial charge in [0.15, 0.2) is 0 Å². The van der Waals surface area contributed by atoms with E-state index in [-0.39, 0.29) is 18.9 Å². The van der Waals surface area contributed by atoms with Crippen molar-refractivity contribution in [3.63, 3.8) is 0 Å². The van der Waals surface area contributed by atoms with Crippen LogP contribution in [-0.2, 0) is 16.1 Å². The molecule has 0 bridgehead atoms. The molecule has 2 aromatic rings. The quantitative estimate of drug-likeness (QED) is 0.512. The molecule has 10 heteroatoms. The maximum atomic E-state index is 11.6. The molecule has 26 heavy (non-hydrogen) atoms. The highest BCUT2D eigenvalue weighted by Gasteiger charge is 2.23. The molecular formula is C16H16N4O6. The van der Waals surface area contributed by atoms with Crippen LogP contribution in [0.4, 0.5) is 17.1 Å². The Balaban J connectivity index is 2.10. The topological polar surface area (TPSA) is 151 Å². The van der Waals surface area contributed by atoms with E-state index in [0.717, 1.165) is 23.8 Å². The Bertz CT molecular complexity index is 812. The highest BCUT2D eigenvalue weighted by Crippen LogP contribution is 2.29. The van der Waals surface area contributed by atoms with E-state index in [1.54, 1.807) is 0 Å². The maximum Gasteiger partial charge on any atom is 0.299 e. The number of anilines is 1. The van der Waals surface area contributed by atoms with E-state index in [9.17, 15) is 25.0 Å². The molecule has 0 radical (unpaired) electrons. The number of primary amides is 1. The van der Waals surface area contributed by atoms with Gasteiger partial charge in [-0.3, -0.25) is 25.0 Å². The van der Waals surface area contributed by atoms with Crippen molar-refractivity contribution < 1.29 is 19.4 Å². The number of non-ortho nitro benzene ring substituents is 1. The molecule has 0 unspecified atom stereocenters. The molecule has 0 fully saturated rings. The van der Waals surface area contributed by atoms with Gasteiger partial charge in [0.05, 0.1) is 29.1 Å². The fourth-order valence-corrected chi connectivity index (χ4v) is 2.16. The van der Waals surface area contributed by atoms with Crippen LogP contribution in [0.5, 0.6) is 0 Å². The predicted molar refractivity (Wildman–Crippen MR) is 92.5 cm³/mol. The Morgan fingerprint density at radius 3 is 2.38 bits per heavy atom. The molecule has 2 aromatic carbocycles. The maximum absolute atomic E-state index is 11.6. The number of rotatable bonds is 9. The van der Waals surface area contributed by atoms with Gasteiger partial charge in [-0.25, -0.2) is 0 Å². The van der Waals surface area contributed by atoms with Crippen molar-refractivity contribution in [2.75, 3.05) is 11.9 Å². The number of carbonyl (C=O) groups excluding carboxylic acids is 1. The minimum Gasteiger partial charge on any atom is -0.374 e. The van der Waals surface area contributed by atoms with E-state index in [1.165, 1.54) is 0 Å². The molecule has 0 aliphatic carbocycles. The number of hydrogen-bond acceptors (Lipinski definition) is 7. The van der Waals surface area contributed by atoms with Crippen molar-refractivity contribution in [1.29, 1.82) is 0 Å². The Kier molecular flexibility index (Phi) is 6.17. The molecule has 0 aliphatic heterocycles. The first-order valence-corrected chi connectivity index (χ1v) is 7.49. The smallest absolute Gasteiger partial charge is 0.299 e. The molecule has 0 aromatic heterocycles. The highest BCUT2D eigenvalue weighted by molar-refractivity contribution is 5.84. The zero-order valence-electron chi connectivity index (χ0n) is 13.5. The number of hydrogen-bond donors (Lipinski definition) is 2. The molecule has 0 saturated carbocycles. The van der Waals surface area contributed by atoms with Crippen LogP contribution >= 0.6 is 0 Å². The summed E-state index contributed by atoms with van der Waals surface area (Å²) in [7, 11) is 0. The van der Waals surface area contributed by atoms with Crippen LogP contribution < -0.4 is 11.1 Å². The minimum absolute atomic E-state index is 0.0623. The standard InChI is InChI=1S/C16H16N4O6/c17-16(21)14(10-26-9-11-4-2-1-3-5-11)18-13-7-6-12(19(22)23)8-15(13)20(24)25/h1-8,14,18H,9-10H2,(H2,17,21)/t14-/m0/s1. The summed E-state index contributed by atoms with van der Waals surface area (Å²) in [6, 6.07) is 11.2. The summed E-state index contributed by atoms with van der Waals surface area (Å²) in [4.78, 5) is 32.0. The van der Waals surface area contributed by atoms with Gasteiger partial charge in [0.25, 0.3) is 11.4 Å². The van der Waals surface area contributed by atoms with Gasteiger partial charge in [-0.2, -0.15) is 0 Å². The number of nitro benzene ring substituents is 2. The molecule has 1 atom stereocenters. The first-order chi connectivity index (χ1) is 12.4. The Labute approximate surface area is 147 Å². The summed E-state index contributed by atoms with van der Waals surface area (Å²) in [5.74, 6) is -0.772. The number of benzene rings is 2. The summed E-state index contributed by atoms with van der Waals surface area (Å²) in [5, 5.41) is 24.5. The van der Waals surface area contributed by atoms with E-state index in [1.807, 2.05) is 30.3 Å². The Morgan fingerprint density at radius 1 is 1.12 bits per heavy atom. The molecule has 1 amide bonds. The number of amides is 1. The number of ether oxygens (including phenoxy) is 1. The lowest BCUT2D eigenvalue weighted by Gasteiger charge is -2.17. The van der Waals surface area contributed by atoms with Crippen LogP contribution in [0.1, 0.15) is 5.56 Å². The van der Waals surface area contributed by atoms with Gasteiger partial charge in [0.2, 0.25) is 5.91 Å². The van der Waals surface area contributed by atoms with Crippen molar-refractivity contribution in [3.8, 4) is 0 Å². The zero-order valence-corrected chi connectivity index (χ0v) is 13.5. The Hall–Kier alpha value is -3.53. The van der Waals surface area contributed by atoms with Crippen LogP contribution in [0.25, 0.3) is 0 Å². The molecule has 10 nitrogen and oxygen atoms in total. The average molecular weight is 360 g/mol. The van der Waals surface area contributed by atoms with Crippen LogP contribution in [0, 0.1) is 20.2 Å². The molecule has 0 aliphatic rings. The lowest BCUT2D eigenvalue weighted by molar-refractivity contribution is -0.393. The zero-order chi connectivity index (χ0) is 19.1. The number of nitrogens with two attached hydrogens (primary N) is 1. The molecule has 0 spiro atoms. The molecule has 3 N–H and O–H groups in total. The lowest BCUT2D eigenvalue weighted by atomic mass is 10.2. The lowest BCUT2D eigenvalue weighted by Crippen LogP contribution is -2.39. The number of nitrogens with one attached hydrogen (secondary N) is 1. The van der Waals surface area contributed by atoms with E-state index in [0.29, 0.717) is 0 Å². The highest BCUT2D eigenvalue weighted by atomic mass is 16.6. The van der Waals surface area contributed by atoms with E-state index in [4.69, 9.17) is 10.5 Å². The summed E-state index contributed by atoms with van der Waals surface area (Å²) in [6.45, 7) is 0.104. The third-order valence-electron chi connectivity index (χ3n) is 3.46. The van der Waals surface area contributed by atoms with Crippen LogP contribution in [0.2, 0.25) is 0 Å². The SMILES string of the molecule is NC(=O)[C@H](COCc1ccccc1)Nc1ccc([N+](=O)[O-])cc1[N+](=O)[O-]. The van der Waals surface area contributed by atoms with E-state index in [2.05, 4.69) is 5.32 Å². The normalized spacial score (nSPS) is 11.5. The third-order valence-corrected chi connectivity index (χ3v) is 3.46. The second-order valence-corrected chi connectivity index (χ2v) is 5.32. The molecule has 0 saturated heterocycles. The van der Waals surface area contributed by atoms with Crippen molar-refractivity contribution in [2.24, 2.45) is 5.73 Å².